The van der Waals surface area contributed by atoms with Crippen LogP contribution in [-0.4, -0.2) is 54.7 Å². The number of imidazole rings is 1. The molecular weight excluding hydrogens is 415 g/mol. The topological polar surface area (TPSA) is 181 Å². The fraction of sp³-hybridized carbons (Fsp3) is 0.353. The molecule has 0 saturated carbocycles. The van der Waals surface area contributed by atoms with E-state index in [9.17, 15) is 14.8 Å². The van der Waals surface area contributed by atoms with Gasteiger partial charge in [-0.2, -0.15) is 0 Å². The van der Waals surface area contributed by atoms with Gasteiger partial charge in [0, 0.05) is 0 Å². The first-order chi connectivity index (χ1) is 14.4. The molecule has 0 amide bonds. The van der Waals surface area contributed by atoms with Gasteiger partial charge in [0.25, 0.3) is 0 Å². The van der Waals surface area contributed by atoms with E-state index in [0.29, 0.717) is 11.2 Å². The smallest absolute Gasteiger partial charge is 0.387 e. The van der Waals surface area contributed by atoms with E-state index in [1.807, 2.05) is 18.2 Å². The van der Waals surface area contributed by atoms with Crippen LogP contribution in [0.5, 0.6) is 0 Å². The van der Waals surface area contributed by atoms with Crippen LogP contribution in [0.4, 0.5) is 5.82 Å². The Morgan fingerprint density at radius 3 is 2.67 bits per heavy atom. The van der Waals surface area contributed by atoms with Crippen molar-refractivity contribution in [2.24, 2.45) is 5.50 Å². The molecule has 1 fully saturated rings. The van der Waals surface area contributed by atoms with Crippen molar-refractivity contribution in [2.75, 3.05) is 12.3 Å². The van der Waals surface area contributed by atoms with Crippen LogP contribution in [-0.2, 0) is 25.0 Å². The molecule has 2 aromatic heterocycles. The number of nitrogens with zero attached hydrogens (tertiary/aromatic N) is 4. The Balaban J connectivity index is 1.40. The number of fused-ring (bicyclic) bond motifs is 1. The van der Waals surface area contributed by atoms with Gasteiger partial charge in [-0.1, -0.05) is 30.3 Å². The molecule has 1 aliphatic rings. The van der Waals surface area contributed by atoms with Crippen LogP contribution in [0.25, 0.3) is 11.2 Å². The molecule has 1 saturated heterocycles. The number of hydrogen-bond acceptors (Lipinski definition) is 10. The molecule has 0 aliphatic carbocycles. The molecule has 0 spiro atoms. The third-order valence-corrected chi connectivity index (χ3v) is 5.67. The molecule has 3 heterocycles. The zero-order chi connectivity index (χ0) is 21.3. The fourth-order valence-electron chi connectivity index (χ4n) is 3.11. The van der Waals surface area contributed by atoms with Crippen molar-refractivity contribution in [3.63, 3.8) is 0 Å². The fourth-order valence-corrected chi connectivity index (χ4v) is 3.86. The highest BCUT2D eigenvalue weighted by Crippen LogP contribution is 2.42. The Labute approximate surface area is 171 Å². The number of benzene rings is 1. The lowest BCUT2D eigenvalue weighted by Crippen LogP contribution is -2.33. The van der Waals surface area contributed by atoms with Crippen LogP contribution in [0.1, 0.15) is 11.8 Å². The Morgan fingerprint density at radius 1 is 1.13 bits per heavy atom. The lowest BCUT2D eigenvalue weighted by atomic mass is 10.1. The third-order valence-electron chi connectivity index (χ3n) is 4.67. The predicted molar refractivity (Wildman–Crippen MR) is 105 cm³/mol. The Morgan fingerprint density at radius 2 is 1.90 bits per heavy atom. The van der Waals surface area contributed by atoms with Gasteiger partial charge < -0.3 is 20.7 Å². The van der Waals surface area contributed by atoms with Crippen molar-refractivity contribution in [1.29, 1.82) is 0 Å². The third kappa shape index (κ3) is 4.20. The van der Waals surface area contributed by atoms with Crippen molar-refractivity contribution in [3.8, 4) is 0 Å². The quantitative estimate of drug-likeness (QED) is 0.375. The van der Waals surface area contributed by atoms with E-state index in [-0.39, 0.29) is 19.0 Å². The number of aliphatic hydroxyl groups is 2. The summed E-state index contributed by atoms with van der Waals surface area (Å²) in [6.07, 6.45) is -2.07. The minimum absolute atomic E-state index is 0.00387. The summed E-state index contributed by atoms with van der Waals surface area (Å²) in [7, 11) is -3.91. The van der Waals surface area contributed by atoms with Crippen LogP contribution in [0.15, 0.2) is 43.0 Å². The average molecular weight is 436 g/mol. The number of nitrogens with two attached hydrogens (primary N) is 2. The molecule has 4 rings (SSSR count). The van der Waals surface area contributed by atoms with E-state index in [1.165, 1.54) is 17.2 Å². The molecular formula is C17H21N6O6P. The highest BCUT2D eigenvalue weighted by Gasteiger charge is 2.45. The van der Waals surface area contributed by atoms with Gasteiger partial charge >= 0.3 is 7.75 Å². The predicted octanol–water partition coefficient (Wildman–Crippen LogP) is 0.328. The average Bonchev–Trinajstić information content (AvgIpc) is 3.29. The zero-order valence-electron chi connectivity index (χ0n) is 15.7. The highest BCUT2D eigenvalue weighted by atomic mass is 31.2. The molecule has 1 unspecified atom stereocenters. The second kappa shape index (κ2) is 8.36. The number of nitrogen functional groups attached to an aromatic ring is 1. The summed E-state index contributed by atoms with van der Waals surface area (Å²) in [6, 6.07) is 9.03. The number of hydrogen-bond donors (Lipinski definition) is 4. The molecule has 13 heteroatoms. The second-order valence-corrected chi connectivity index (χ2v) is 8.32. The van der Waals surface area contributed by atoms with Crippen molar-refractivity contribution in [1.82, 2.24) is 19.5 Å². The van der Waals surface area contributed by atoms with Gasteiger partial charge in [0.15, 0.2) is 17.7 Å². The number of rotatable bonds is 7. The molecule has 0 radical (unpaired) electrons. The van der Waals surface area contributed by atoms with E-state index in [2.05, 4.69) is 15.0 Å². The maximum Gasteiger partial charge on any atom is 0.403 e. The van der Waals surface area contributed by atoms with E-state index >= 15 is 0 Å². The van der Waals surface area contributed by atoms with Gasteiger partial charge in [-0.05, 0) is 5.56 Å². The molecule has 6 N–H and O–H groups in total. The van der Waals surface area contributed by atoms with Crippen molar-refractivity contribution in [2.45, 2.75) is 31.1 Å². The van der Waals surface area contributed by atoms with Gasteiger partial charge in [0.05, 0.1) is 19.5 Å². The molecule has 0 bridgehead atoms. The van der Waals surface area contributed by atoms with Crippen LogP contribution >= 0.6 is 7.75 Å². The largest absolute Gasteiger partial charge is 0.403 e. The summed E-state index contributed by atoms with van der Waals surface area (Å²) in [5, 5.41) is 20.8. The van der Waals surface area contributed by atoms with Crippen molar-refractivity contribution in [3.05, 3.63) is 48.5 Å². The summed E-state index contributed by atoms with van der Waals surface area (Å²) >= 11 is 0. The van der Waals surface area contributed by atoms with Crippen LogP contribution < -0.4 is 11.2 Å². The molecule has 1 aliphatic heterocycles. The highest BCUT2D eigenvalue weighted by molar-refractivity contribution is 7.51. The number of ether oxygens (including phenoxy) is 1. The molecule has 12 nitrogen and oxygen atoms in total. The van der Waals surface area contributed by atoms with E-state index < -0.39 is 32.3 Å². The van der Waals surface area contributed by atoms with Crippen LogP contribution in [0.3, 0.4) is 0 Å². The first kappa shape index (κ1) is 20.8. The Bertz CT molecular complexity index is 1070. The van der Waals surface area contributed by atoms with Crippen molar-refractivity contribution >= 4 is 24.7 Å². The summed E-state index contributed by atoms with van der Waals surface area (Å²) < 4.78 is 29.8. The summed E-state index contributed by atoms with van der Waals surface area (Å²) in [5.41, 5.74) is 12.8. The molecule has 1 aromatic carbocycles. The number of anilines is 1. The molecule has 30 heavy (non-hydrogen) atoms. The van der Waals surface area contributed by atoms with Gasteiger partial charge in [-0.15, -0.1) is 0 Å². The Kier molecular flexibility index (Phi) is 5.80. The zero-order valence-corrected chi connectivity index (χ0v) is 16.6. The van der Waals surface area contributed by atoms with Gasteiger partial charge in [-0.25, -0.2) is 25.0 Å². The number of aliphatic hydroxyl groups excluding tert-OH is 2. The number of aromatic nitrogens is 4. The van der Waals surface area contributed by atoms with Crippen LogP contribution in [0.2, 0.25) is 0 Å². The van der Waals surface area contributed by atoms with E-state index in [1.54, 1.807) is 12.1 Å². The van der Waals surface area contributed by atoms with Gasteiger partial charge in [0.1, 0.15) is 30.2 Å². The molecule has 3 aromatic rings. The van der Waals surface area contributed by atoms with E-state index in [0.717, 1.165) is 5.56 Å². The monoisotopic (exact) mass is 436 g/mol. The van der Waals surface area contributed by atoms with Crippen molar-refractivity contribution < 1.29 is 28.6 Å². The molecule has 5 atom stereocenters. The first-order valence-electron chi connectivity index (χ1n) is 9.02. The maximum atomic E-state index is 12.3. The minimum atomic E-state index is -3.91. The maximum absolute atomic E-state index is 12.3. The van der Waals surface area contributed by atoms with E-state index in [4.69, 9.17) is 25.0 Å². The standard InChI is InChI=1S/C17H21N6O6P/c18-15-12-16(21-8-20-15)23(9-22-12)17-14(25)13(24)11(29-17)7-28-30(19,26)27-6-10-4-2-1-3-5-10/h1-5,8-9,11,13-14,17,24-25H,6-7H2,(H2,19,26)(H2,18,20,21)/t11-,13-,14-,17-,30?/m1/s1. The summed E-state index contributed by atoms with van der Waals surface area (Å²) in [6.45, 7) is -0.364. The normalized spacial score (nSPS) is 26.1. The SMILES string of the molecule is Nc1ncnc2c1ncn2[C@@H]1O[C@H](COP(N)(=O)OCc2ccccc2)[C@@H](O)[C@H]1O. The first-order valence-corrected chi connectivity index (χ1v) is 10.6. The summed E-state index contributed by atoms with van der Waals surface area (Å²) in [5.74, 6) is 0.173. The lowest BCUT2D eigenvalue weighted by Gasteiger charge is -2.18. The summed E-state index contributed by atoms with van der Waals surface area (Å²) in [4.78, 5) is 12.1. The lowest BCUT2D eigenvalue weighted by molar-refractivity contribution is -0.0492. The van der Waals surface area contributed by atoms with Crippen LogP contribution in [0, 0.1) is 0 Å². The minimum Gasteiger partial charge on any atom is -0.387 e. The molecule has 160 valence electrons. The Hall–Kier alpha value is -2.44. The van der Waals surface area contributed by atoms with Gasteiger partial charge in [0.2, 0.25) is 0 Å². The van der Waals surface area contributed by atoms with Gasteiger partial charge in [-0.3, -0.25) is 13.6 Å². The second-order valence-electron chi connectivity index (χ2n) is 6.72.